The van der Waals surface area contributed by atoms with Gasteiger partial charge in [0.1, 0.15) is 5.50 Å². The Balaban J connectivity index is 2.07. The first-order valence-corrected chi connectivity index (χ1v) is 5.41. The highest BCUT2D eigenvalue weighted by Gasteiger charge is 2.23. The van der Waals surface area contributed by atoms with E-state index in [1.807, 2.05) is 18.2 Å². The molecule has 0 amide bonds. The molecule has 0 saturated carbocycles. The summed E-state index contributed by atoms with van der Waals surface area (Å²) in [5.74, 6) is 0. The smallest absolute Gasteiger partial charge is 0.116 e. The van der Waals surface area contributed by atoms with Gasteiger partial charge in [0.05, 0.1) is 0 Å². The van der Waals surface area contributed by atoms with E-state index in [1.54, 1.807) is 4.42 Å². The van der Waals surface area contributed by atoms with Crippen molar-refractivity contribution >= 4 is 29.1 Å². The van der Waals surface area contributed by atoms with Crippen LogP contribution in [0.3, 0.4) is 0 Å². The van der Waals surface area contributed by atoms with E-state index in [2.05, 4.69) is 17.0 Å². The average Bonchev–Trinajstić information content (AvgIpc) is 2.23. The fourth-order valence-electron chi connectivity index (χ4n) is 1.59. The number of piperazine rings is 1. The van der Waals surface area contributed by atoms with E-state index in [0.717, 1.165) is 19.6 Å². The molecule has 1 heterocycles. The van der Waals surface area contributed by atoms with Gasteiger partial charge in [-0.15, -0.1) is 11.6 Å². The SMILES string of the molecule is ClC1CN(c2ccccc2)CCN1Cl. The maximum atomic E-state index is 6.06. The second-order valence-corrected chi connectivity index (χ2v) is 4.28. The van der Waals surface area contributed by atoms with E-state index in [1.165, 1.54) is 5.69 Å². The first-order valence-electron chi connectivity index (χ1n) is 4.64. The average molecular weight is 231 g/mol. The number of hydrogen-bond acceptors (Lipinski definition) is 2. The van der Waals surface area contributed by atoms with Crippen molar-refractivity contribution in [2.45, 2.75) is 5.50 Å². The van der Waals surface area contributed by atoms with Crippen LogP contribution in [-0.4, -0.2) is 29.6 Å². The summed E-state index contributed by atoms with van der Waals surface area (Å²) in [6.07, 6.45) is 0. The lowest BCUT2D eigenvalue weighted by atomic mass is 10.2. The number of para-hydroxylation sites is 1. The largest absolute Gasteiger partial charge is 0.367 e. The van der Waals surface area contributed by atoms with Crippen LogP contribution in [0.15, 0.2) is 30.3 Å². The molecular formula is C10H12Cl2N2. The minimum Gasteiger partial charge on any atom is -0.367 e. The Kier molecular flexibility index (Phi) is 3.16. The Labute approximate surface area is 94.1 Å². The van der Waals surface area contributed by atoms with E-state index >= 15 is 0 Å². The van der Waals surface area contributed by atoms with Gasteiger partial charge in [-0.1, -0.05) is 18.2 Å². The Hall–Kier alpha value is -0.440. The summed E-state index contributed by atoms with van der Waals surface area (Å²) in [6, 6.07) is 10.3. The second-order valence-electron chi connectivity index (χ2n) is 3.34. The predicted molar refractivity (Wildman–Crippen MR) is 60.9 cm³/mol. The molecule has 2 nitrogen and oxygen atoms in total. The van der Waals surface area contributed by atoms with Gasteiger partial charge in [0.25, 0.3) is 0 Å². The van der Waals surface area contributed by atoms with Gasteiger partial charge in [-0.25, -0.2) is 0 Å². The zero-order valence-corrected chi connectivity index (χ0v) is 9.25. The zero-order chi connectivity index (χ0) is 9.97. The van der Waals surface area contributed by atoms with Crippen LogP contribution in [0.5, 0.6) is 0 Å². The summed E-state index contributed by atoms with van der Waals surface area (Å²) in [6.45, 7) is 2.50. The quantitative estimate of drug-likeness (QED) is 0.416. The third-order valence-corrected chi connectivity index (χ3v) is 3.26. The lowest BCUT2D eigenvalue weighted by Gasteiger charge is -2.35. The summed E-state index contributed by atoms with van der Waals surface area (Å²) >= 11 is 12.0. The van der Waals surface area contributed by atoms with Crippen LogP contribution in [0.2, 0.25) is 0 Å². The van der Waals surface area contributed by atoms with Crippen molar-refractivity contribution in [3.05, 3.63) is 30.3 Å². The van der Waals surface area contributed by atoms with Crippen molar-refractivity contribution in [1.29, 1.82) is 0 Å². The van der Waals surface area contributed by atoms with Crippen LogP contribution in [-0.2, 0) is 0 Å². The topological polar surface area (TPSA) is 6.48 Å². The first-order chi connectivity index (χ1) is 6.77. The lowest BCUT2D eigenvalue weighted by Crippen LogP contribution is -2.46. The van der Waals surface area contributed by atoms with Crippen LogP contribution >= 0.6 is 23.4 Å². The van der Waals surface area contributed by atoms with Gasteiger partial charge in [-0.2, -0.15) is 4.42 Å². The van der Waals surface area contributed by atoms with Crippen molar-refractivity contribution in [2.75, 3.05) is 24.5 Å². The van der Waals surface area contributed by atoms with Gasteiger partial charge in [-0.3, -0.25) is 0 Å². The van der Waals surface area contributed by atoms with E-state index < -0.39 is 0 Å². The minimum atomic E-state index is -0.106. The summed E-state index contributed by atoms with van der Waals surface area (Å²) in [4.78, 5) is 2.25. The molecule has 0 bridgehead atoms. The molecule has 0 radical (unpaired) electrons. The molecule has 1 unspecified atom stereocenters. The molecule has 14 heavy (non-hydrogen) atoms. The van der Waals surface area contributed by atoms with Gasteiger partial charge < -0.3 is 4.90 Å². The van der Waals surface area contributed by atoms with Crippen LogP contribution in [0.4, 0.5) is 5.69 Å². The van der Waals surface area contributed by atoms with E-state index in [4.69, 9.17) is 23.4 Å². The molecular weight excluding hydrogens is 219 g/mol. The third-order valence-electron chi connectivity index (χ3n) is 2.38. The molecule has 76 valence electrons. The molecule has 1 saturated heterocycles. The fourth-order valence-corrected chi connectivity index (χ4v) is 1.99. The predicted octanol–water partition coefficient (Wildman–Crippen LogP) is 2.53. The van der Waals surface area contributed by atoms with Crippen molar-refractivity contribution in [3.8, 4) is 0 Å². The first kappa shape index (κ1) is 10.1. The number of benzene rings is 1. The standard InChI is InChI=1S/C10H12Cl2N2/c11-10-8-13(6-7-14(10)12)9-4-2-1-3-5-9/h1-5,10H,6-8H2. The van der Waals surface area contributed by atoms with E-state index in [0.29, 0.717) is 0 Å². The highest BCUT2D eigenvalue weighted by atomic mass is 35.5. The maximum absolute atomic E-state index is 6.06. The summed E-state index contributed by atoms with van der Waals surface area (Å²) in [5.41, 5.74) is 1.11. The number of hydrogen-bond donors (Lipinski definition) is 0. The van der Waals surface area contributed by atoms with Gasteiger partial charge in [0.15, 0.2) is 0 Å². The molecule has 0 aromatic heterocycles. The van der Waals surface area contributed by atoms with Crippen LogP contribution in [0.1, 0.15) is 0 Å². The highest BCUT2D eigenvalue weighted by Crippen LogP contribution is 2.21. The number of anilines is 1. The lowest BCUT2D eigenvalue weighted by molar-refractivity contribution is 0.381. The number of nitrogens with zero attached hydrogens (tertiary/aromatic N) is 2. The zero-order valence-electron chi connectivity index (χ0n) is 7.74. The van der Waals surface area contributed by atoms with Crippen molar-refractivity contribution in [2.24, 2.45) is 0 Å². The number of rotatable bonds is 1. The van der Waals surface area contributed by atoms with Gasteiger partial charge in [0.2, 0.25) is 0 Å². The summed E-state index contributed by atoms with van der Waals surface area (Å²) < 4.78 is 1.65. The molecule has 1 atom stereocenters. The Morgan fingerprint density at radius 3 is 2.50 bits per heavy atom. The Morgan fingerprint density at radius 2 is 1.86 bits per heavy atom. The number of alkyl halides is 1. The molecule has 0 spiro atoms. The molecule has 1 fully saturated rings. The molecule has 1 aliphatic heterocycles. The second kappa shape index (κ2) is 4.39. The molecule has 1 aliphatic rings. The molecule has 1 aromatic rings. The molecule has 2 rings (SSSR count). The summed E-state index contributed by atoms with van der Waals surface area (Å²) in [7, 11) is 0. The molecule has 0 N–H and O–H groups in total. The highest BCUT2D eigenvalue weighted by molar-refractivity contribution is 6.25. The van der Waals surface area contributed by atoms with Crippen LogP contribution in [0, 0.1) is 0 Å². The monoisotopic (exact) mass is 230 g/mol. The van der Waals surface area contributed by atoms with E-state index in [9.17, 15) is 0 Å². The van der Waals surface area contributed by atoms with Crippen LogP contribution < -0.4 is 4.90 Å². The Morgan fingerprint density at radius 1 is 1.14 bits per heavy atom. The van der Waals surface area contributed by atoms with Crippen molar-refractivity contribution in [3.63, 3.8) is 0 Å². The van der Waals surface area contributed by atoms with Crippen molar-refractivity contribution in [1.82, 2.24) is 4.42 Å². The van der Waals surface area contributed by atoms with Gasteiger partial charge in [0, 0.05) is 25.3 Å². The van der Waals surface area contributed by atoms with Crippen molar-refractivity contribution < 1.29 is 0 Å². The molecule has 1 aromatic carbocycles. The molecule has 0 aliphatic carbocycles. The molecule has 4 heteroatoms. The normalized spacial score (nSPS) is 23.9. The summed E-state index contributed by atoms with van der Waals surface area (Å²) in [5, 5.41) is 0. The fraction of sp³-hybridized carbons (Fsp3) is 0.400. The Bertz CT molecular complexity index is 291. The van der Waals surface area contributed by atoms with Crippen LogP contribution in [0.25, 0.3) is 0 Å². The van der Waals surface area contributed by atoms with Gasteiger partial charge in [-0.05, 0) is 23.9 Å². The van der Waals surface area contributed by atoms with Gasteiger partial charge >= 0.3 is 0 Å². The van der Waals surface area contributed by atoms with E-state index in [-0.39, 0.29) is 5.50 Å². The minimum absolute atomic E-state index is 0.106. The maximum Gasteiger partial charge on any atom is 0.116 e. The third kappa shape index (κ3) is 2.14. The number of halogens is 2.